The first kappa shape index (κ1) is 35.7. The van der Waals surface area contributed by atoms with E-state index in [1.165, 1.54) is 118 Å². The second-order valence-corrected chi connectivity index (χ2v) is 24.9. The Bertz CT molecular complexity index is 3030. The normalized spacial score (nSPS) is 29.0. The van der Waals surface area contributed by atoms with Crippen LogP contribution in [0.1, 0.15) is 70.8 Å². The van der Waals surface area contributed by atoms with Gasteiger partial charge in [0.1, 0.15) is 0 Å². The highest BCUT2D eigenvalue weighted by molar-refractivity contribution is 7.27. The summed E-state index contributed by atoms with van der Waals surface area (Å²) < 4.78 is 0. The third-order valence-electron chi connectivity index (χ3n) is 18.9. The average Bonchev–Trinajstić information content (AvgIpc) is 4.12. The van der Waals surface area contributed by atoms with E-state index in [1.54, 1.807) is 15.8 Å². The molecule has 63 heavy (non-hydrogen) atoms. The third-order valence-corrected chi connectivity index (χ3v) is 23.8. The molecular formula is C58H52BN3Si. The van der Waals surface area contributed by atoms with Gasteiger partial charge in [-0.15, -0.1) is 0 Å². The van der Waals surface area contributed by atoms with E-state index in [9.17, 15) is 0 Å². The summed E-state index contributed by atoms with van der Waals surface area (Å²) in [5.74, 6) is 2.44. The van der Waals surface area contributed by atoms with Crippen molar-refractivity contribution in [2.75, 3.05) is 14.7 Å². The molecule has 7 aromatic carbocycles. The lowest BCUT2D eigenvalue weighted by Crippen LogP contribution is -2.88. The minimum absolute atomic E-state index is 0.0368. The molecule has 0 spiro atoms. The van der Waals surface area contributed by atoms with Gasteiger partial charge in [-0.3, -0.25) is 0 Å². The van der Waals surface area contributed by atoms with Gasteiger partial charge < -0.3 is 14.7 Å². The molecule has 7 aromatic rings. The van der Waals surface area contributed by atoms with Crippen LogP contribution < -0.4 is 51.8 Å². The number of rotatable bonds is 5. The van der Waals surface area contributed by atoms with Crippen LogP contribution in [0.15, 0.2) is 164 Å². The summed E-state index contributed by atoms with van der Waals surface area (Å²) in [4.78, 5) is 8.62. The fourth-order valence-electron chi connectivity index (χ4n) is 16.4. The molecule has 4 bridgehead atoms. The molecule has 9 aliphatic rings. The maximum absolute atomic E-state index is 3.06. The lowest BCUT2D eigenvalue weighted by Gasteiger charge is -2.55. The van der Waals surface area contributed by atoms with Crippen LogP contribution in [0.2, 0.25) is 0 Å². The molecule has 5 saturated carbocycles. The SMILES string of the molecule is CC12CCCCC1(C)N(c1cc3c4c(c1)N(C15CC6CC1CC6C5)c1cccc5c1B4c1c(cccc1[Si]5(c1ccccc1)c1ccccc1)N3c1ccccc1)c1ccccc12. The highest BCUT2D eigenvalue weighted by Crippen LogP contribution is 2.69. The first-order valence-corrected chi connectivity index (χ1v) is 26.1. The predicted octanol–water partition coefficient (Wildman–Crippen LogP) is 9.06. The monoisotopic (exact) mass is 829 g/mol. The van der Waals surface area contributed by atoms with Gasteiger partial charge >= 0.3 is 0 Å². The van der Waals surface area contributed by atoms with E-state index >= 15 is 0 Å². The number of fused-ring (bicyclic) bond motifs is 3. The van der Waals surface area contributed by atoms with Crippen molar-refractivity contribution in [1.82, 2.24) is 0 Å². The third kappa shape index (κ3) is 4.08. The largest absolute Gasteiger partial charge is 0.336 e. The van der Waals surface area contributed by atoms with Gasteiger partial charge in [-0.2, -0.15) is 0 Å². The van der Waals surface area contributed by atoms with E-state index < -0.39 is 8.07 Å². The van der Waals surface area contributed by atoms with Crippen LogP contribution in [0.5, 0.6) is 0 Å². The van der Waals surface area contributed by atoms with Crippen molar-refractivity contribution in [2.45, 2.75) is 81.7 Å². The number of benzene rings is 7. The highest BCUT2D eigenvalue weighted by atomic mass is 28.3. The van der Waals surface area contributed by atoms with Crippen LogP contribution in [0.25, 0.3) is 0 Å². The number of hydrogen-bond acceptors (Lipinski definition) is 3. The van der Waals surface area contributed by atoms with Gasteiger partial charge in [0.15, 0.2) is 8.07 Å². The summed E-state index contributed by atoms with van der Waals surface area (Å²) in [6, 6.07) is 64.7. The first-order chi connectivity index (χ1) is 31.0. The lowest BCUT2D eigenvalue weighted by molar-refractivity contribution is 0.195. The van der Waals surface area contributed by atoms with E-state index in [0.717, 1.165) is 17.8 Å². The zero-order valence-electron chi connectivity index (χ0n) is 36.4. The quantitative estimate of drug-likeness (QED) is 0.161. The Hall–Kier alpha value is -5.78. The molecule has 4 aliphatic heterocycles. The Labute approximate surface area is 373 Å². The van der Waals surface area contributed by atoms with Crippen molar-refractivity contribution in [3.63, 3.8) is 0 Å². The predicted molar refractivity (Wildman–Crippen MR) is 266 cm³/mol. The Kier molecular flexibility index (Phi) is 6.83. The Balaban J connectivity index is 1.10. The molecule has 0 N–H and O–H groups in total. The lowest BCUT2D eigenvalue weighted by atomic mass is 9.33. The molecule has 0 saturated heterocycles. The molecule has 0 radical (unpaired) electrons. The van der Waals surface area contributed by atoms with E-state index in [1.807, 2.05) is 0 Å². The summed E-state index contributed by atoms with van der Waals surface area (Å²) in [6.45, 7) is 5.33. The second-order valence-electron chi connectivity index (χ2n) is 21.2. The topological polar surface area (TPSA) is 9.72 Å². The minimum Gasteiger partial charge on any atom is -0.336 e. The van der Waals surface area contributed by atoms with Gasteiger partial charge in [0, 0.05) is 50.8 Å². The van der Waals surface area contributed by atoms with E-state index in [0.29, 0.717) is 0 Å². The molecule has 4 heterocycles. The molecular weight excluding hydrogens is 778 g/mol. The van der Waals surface area contributed by atoms with Gasteiger partial charge in [0.2, 0.25) is 0 Å². The molecule has 5 fully saturated rings. The smallest absolute Gasteiger partial charge is 0.251 e. The van der Waals surface area contributed by atoms with Crippen LogP contribution in [-0.2, 0) is 5.41 Å². The van der Waals surface area contributed by atoms with Crippen molar-refractivity contribution in [2.24, 2.45) is 17.8 Å². The zero-order chi connectivity index (χ0) is 41.5. The van der Waals surface area contributed by atoms with Gasteiger partial charge in [-0.25, -0.2) is 0 Å². The van der Waals surface area contributed by atoms with Crippen LogP contribution in [-0.4, -0.2) is 25.9 Å². The van der Waals surface area contributed by atoms with Crippen molar-refractivity contribution in [3.8, 4) is 0 Å². The molecule has 3 nitrogen and oxygen atoms in total. The molecule has 16 rings (SSSR count). The van der Waals surface area contributed by atoms with E-state index in [4.69, 9.17) is 0 Å². The van der Waals surface area contributed by atoms with Crippen molar-refractivity contribution < 1.29 is 0 Å². The molecule has 0 amide bonds. The standard InChI is InChI=1S/C58H52BN3Si/c1-56-30-14-15-31-57(56,2)61(46-25-13-12-24-45(46)56)42-34-49-53-50(35-42)62(58-36-38-32-40(58)33-39(38)37-58)48-27-17-29-52-55(48)59(53)54-47(60(49)41-18-6-3-7-19-41)26-16-28-51(54)63(52,43-20-8-4-9-21-43)44-22-10-5-11-23-44/h3-13,16-29,34-35,38-40H,14-15,30-33,36-37H2,1-2H3. The summed E-state index contributed by atoms with van der Waals surface area (Å²) in [5, 5.41) is 6.07. The van der Waals surface area contributed by atoms with E-state index in [2.05, 4.69) is 192 Å². The van der Waals surface area contributed by atoms with Gasteiger partial charge in [0.25, 0.3) is 6.71 Å². The number of para-hydroxylation sites is 2. The molecule has 5 aliphatic carbocycles. The Morgan fingerprint density at radius 2 is 1.08 bits per heavy atom. The summed E-state index contributed by atoms with van der Waals surface area (Å²) >= 11 is 0. The highest BCUT2D eigenvalue weighted by Gasteiger charge is 2.68. The van der Waals surface area contributed by atoms with Gasteiger partial charge in [-0.05, 0) is 148 Å². The number of anilines is 7. The molecule has 306 valence electrons. The first-order valence-electron chi connectivity index (χ1n) is 24.1. The molecule has 4 atom stereocenters. The fraction of sp³-hybridized carbons (Fsp3) is 0.276. The Morgan fingerprint density at radius 1 is 0.508 bits per heavy atom. The van der Waals surface area contributed by atoms with Crippen LogP contribution in [0, 0.1) is 17.8 Å². The second kappa shape index (κ2) is 12.1. The van der Waals surface area contributed by atoms with Crippen LogP contribution in [0.4, 0.5) is 39.8 Å². The van der Waals surface area contributed by atoms with E-state index in [-0.39, 0.29) is 23.2 Å². The number of nitrogens with zero attached hydrogens (tertiary/aromatic N) is 3. The van der Waals surface area contributed by atoms with Gasteiger partial charge in [0.05, 0.1) is 5.54 Å². The van der Waals surface area contributed by atoms with Crippen LogP contribution in [0.3, 0.4) is 0 Å². The van der Waals surface area contributed by atoms with Crippen molar-refractivity contribution in [3.05, 3.63) is 169 Å². The average molecular weight is 830 g/mol. The van der Waals surface area contributed by atoms with Crippen LogP contribution >= 0.6 is 0 Å². The molecule has 0 aromatic heterocycles. The Morgan fingerprint density at radius 3 is 1.75 bits per heavy atom. The van der Waals surface area contributed by atoms with Crippen molar-refractivity contribution in [1.29, 1.82) is 0 Å². The summed E-state index contributed by atoms with van der Waals surface area (Å²) in [6.07, 6.45) is 10.4. The minimum atomic E-state index is -2.86. The molecule has 4 unspecified atom stereocenters. The fourth-order valence-corrected chi connectivity index (χ4v) is 21.7. The summed E-state index contributed by atoms with van der Waals surface area (Å²) in [7, 11) is -2.86. The zero-order valence-corrected chi connectivity index (χ0v) is 37.4. The maximum Gasteiger partial charge on any atom is 0.251 e. The van der Waals surface area contributed by atoms with Crippen molar-refractivity contribution >= 4 is 91.7 Å². The maximum atomic E-state index is 3.06. The number of hydrogen-bond donors (Lipinski definition) is 0. The summed E-state index contributed by atoms with van der Waals surface area (Å²) in [5.41, 5.74) is 16.0. The molecule has 5 heteroatoms. The van der Waals surface area contributed by atoms with Gasteiger partial charge in [-0.1, -0.05) is 141 Å².